The highest BCUT2D eigenvalue weighted by Crippen LogP contribution is 2.28. The van der Waals surface area contributed by atoms with Gasteiger partial charge in [0.25, 0.3) is 0 Å². The minimum absolute atomic E-state index is 0.218. The first-order valence-electron chi connectivity index (χ1n) is 7.88. The molecule has 0 spiro atoms. The first kappa shape index (κ1) is 19.6. The highest BCUT2D eigenvalue weighted by Gasteiger charge is 2.31. The van der Waals surface area contributed by atoms with Gasteiger partial charge < -0.3 is 15.5 Å². The molecule has 2 unspecified atom stereocenters. The summed E-state index contributed by atoms with van der Waals surface area (Å²) in [5, 5.41) is 6.05. The summed E-state index contributed by atoms with van der Waals surface area (Å²) in [5.41, 5.74) is 0. The average Bonchev–Trinajstić information content (AvgIpc) is 2.39. The average molecular weight is 336 g/mol. The molecule has 8 heteroatoms. The van der Waals surface area contributed by atoms with Crippen molar-refractivity contribution in [2.24, 2.45) is 16.8 Å². The van der Waals surface area contributed by atoms with Gasteiger partial charge in [-0.15, -0.1) is 0 Å². The molecule has 5 nitrogen and oxygen atoms in total. The zero-order valence-corrected chi connectivity index (χ0v) is 14.2. The van der Waals surface area contributed by atoms with Gasteiger partial charge in [0.15, 0.2) is 5.96 Å². The number of nitrogens with zero attached hydrogens (tertiary/aromatic N) is 2. The van der Waals surface area contributed by atoms with Crippen LogP contribution in [0.25, 0.3) is 0 Å². The van der Waals surface area contributed by atoms with Crippen LogP contribution in [0, 0.1) is 11.8 Å². The van der Waals surface area contributed by atoms with Crippen LogP contribution in [0.5, 0.6) is 0 Å². The van der Waals surface area contributed by atoms with Gasteiger partial charge in [-0.1, -0.05) is 13.8 Å². The van der Waals surface area contributed by atoms with Crippen molar-refractivity contribution >= 4 is 11.9 Å². The third kappa shape index (κ3) is 7.56. The van der Waals surface area contributed by atoms with Gasteiger partial charge >= 0.3 is 6.18 Å². The molecule has 0 bridgehead atoms. The van der Waals surface area contributed by atoms with E-state index in [0.29, 0.717) is 22.7 Å². The van der Waals surface area contributed by atoms with E-state index in [0.717, 1.165) is 19.9 Å². The summed E-state index contributed by atoms with van der Waals surface area (Å²) in [6.07, 6.45) is -1.15. The summed E-state index contributed by atoms with van der Waals surface area (Å²) < 4.78 is 36.8. The van der Waals surface area contributed by atoms with E-state index in [1.807, 2.05) is 0 Å². The molecule has 0 aromatic carbocycles. The first-order chi connectivity index (χ1) is 10.6. The third-order valence-electron chi connectivity index (χ3n) is 3.99. The SMILES string of the molecule is CN=C(NCC(=O)N(C)CC(F)(F)F)NC1CC(C)CC(C)C1. The summed E-state index contributed by atoms with van der Waals surface area (Å²) in [4.78, 5) is 16.4. The normalized spacial score (nSPS) is 25.9. The van der Waals surface area contributed by atoms with Gasteiger partial charge in [0.2, 0.25) is 5.91 Å². The van der Waals surface area contributed by atoms with Gasteiger partial charge in [-0.3, -0.25) is 9.79 Å². The number of nitrogens with one attached hydrogen (secondary N) is 2. The molecule has 1 aliphatic carbocycles. The molecule has 23 heavy (non-hydrogen) atoms. The Bertz CT molecular complexity index is 415. The number of aliphatic imine (C=N–C) groups is 1. The van der Waals surface area contributed by atoms with Crippen LogP contribution in [-0.2, 0) is 4.79 Å². The molecule has 0 aromatic rings. The van der Waals surface area contributed by atoms with Crippen molar-refractivity contribution in [2.45, 2.75) is 45.3 Å². The smallest absolute Gasteiger partial charge is 0.354 e. The first-order valence-corrected chi connectivity index (χ1v) is 7.88. The van der Waals surface area contributed by atoms with Crippen LogP contribution in [-0.4, -0.2) is 56.2 Å². The fourth-order valence-electron chi connectivity index (χ4n) is 3.10. The van der Waals surface area contributed by atoms with Gasteiger partial charge in [0.05, 0.1) is 6.54 Å². The second-order valence-electron chi connectivity index (χ2n) is 6.55. The third-order valence-corrected chi connectivity index (χ3v) is 3.99. The molecule has 134 valence electrons. The number of halogens is 3. The van der Waals surface area contributed by atoms with Crippen molar-refractivity contribution in [2.75, 3.05) is 27.2 Å². The fourth-order valence-corrected chi connectivity index (χ4v) is 3.10. The Hall–Kier alpha value is -1.47. The molecule has 1 rings (SSSR count). The van der Waals surface area contributed by atoms with Gasteiger partial charge in [0.1, 0.15) is 6.54 Å². The number of amides is 1. The van der Waals surface area contributed by atoms with Gasteiger partial charge in [-0.05, 0) is 31.1 Å². The minimum Gasteiger partial charge on any atom is -0.354 e. The van der Waals surface area contributed by atoms with Gasteiger partial charge in [-0.2, -0.15) is 13.2 Å². The second-order valence-corrected chi connectivity index (χ2v) is 6.55. The van der Waals surface area contributed by atoms with E-state index in [4.69, 9.17) is 0 Å². The zero-order chi connectivity index (χ0) is 17.6. The Morgan fingerprint density at radius 1 is 1.22 bits per heavy atom. The number of carbonyl (C=O) groups excluding carboxylic acids is 1. The lowest BCUT2D eigenvalue weighted by atomic mass is 9.80. The number of alkyl halides is 3. The van der Waals surface area contributed by atoms with Crippen molar-refractivity contribution in [3.63, 3.8) is 0 Å². The van der Waals surface area contributed by atoms with Crippen molar-refractivity contribution in [3.8, 4) is 0 Å². The molecule has 1 saturated carbocycles. The number of likely N-dealkylation sites (N-methyl/N-ethyl adjacent to an activating group) is 1. The van der Waals surface area contributed by atoms with Crippen LogP contribution >= 0.6 is 0 Å². The Morgan fingerprint density at radius 2 is 1.78 bits per heavy atom. The number of guanidine groups is 1. The topological polar surface area (TPSA) is 56.7 Å². The molecule has 1 fully saturated rings. The van der Waals surface area contributed by atoms with Crippen LogP contribution in [0.3, 0.4) is 0 Å². The number of hydrogen-bond donors (Lipinski definition) is 2. The molecule has 0 aliphatic heterocycles. The van der Waals surface area contributed by atoms with Gasteiger partial charge in [0, 0.05) is 20.1 Å². The summed E-state index contributed by atoms with van der Waals surface area (Å²) in [6.45, 7) is 2.94. The van der Waals surface area contributed by atoms with Crippen LogP contribution in [0.4, 0.5) is 13.2 Å². The highest BCUT2D eigenvalue weighted by atomic mass is 19.4. The molecule has 0 radical (unpaired) electrons. The lowest BCUT2D eigenvalue weighted by molar-refractivity contribution is -0.157. The van der Waals surface area contributed by atoms with Crippen molar-refractivity contribution in [3.05, 3.63) is 0 Å². The molecular formula is C15H27F3N4O. The fraction of sp³-hybridized carbons (Fsp3) is 0.867. The largest absolute Gasteiger partial charge is 0.406 e. The van der Waals surface area contributed by atoms with E-state index in [-0.39, 0.29) is 12.6 Å². The number of rotatable bonds is 4. The molecule has 2 atom stereocenters. The van der Waals surface area contributed by atoms with E-state index < -0.39 is 18.6 Å². The quantitative estimate of drug-likeness (QED) is 0.610. The molecule has 1 amide bonds. The maximum absolute atomic E-state index is 12.3. The van der Waals surface area contributed by atoms with E-state index in [9.17, 15) is 18.0 Å². The molecule has 2 N–H and O–H groups in total. The van der Waals surface area contributed by atoms with Crippen molar-refractivity contribution in [1.82, 2.24) is 15.5 Å². The van der Waals surface area contributed by atoms with Crippen LogP contribution in [0.15, 0.2) is 4.99 Å². The van der Waals surface area contributed by atoms with Crippen LogP contribution < -0.4 is 10.6 Å². The van der Waals surface area contributed by atoms with E-state index >= 15 is 0 Å². The Labute approximate surface area is 135 Å². The van der Waals surface area contributed by atoms with E-state index in [1.165, 1.54) is 6.42 Å². The number of carbonyl (C=O) groups is 1. The maximum Gasteiger partial charge on any atom is 0.406 e. The molecule has 0 aromatic heterocycles. The van der Waals surface area contributed by atoms with Crippen LogP contribution in [0.2, 0.25) is 0 Å². The van der Waals surface area contributed by atoms with Crippen molar-refractivity contribution in [1.29, 1.82) is 0 Å². The molecule has 1 aliphatic rings. The zero-order valence-electron chi connectivity index (χ0n) is 14.2. The number of hydrogen-bond acceptors (Lipinski definition) is 2. The summed E-state index contributed by atoms with van der Waals surface area (Å²) in [6, 6.07) is 0.267. The van der Waals surface area contributed by atoms with E-state index in [1.54, 1.807) is 7.05 Å². The Kier molecular flexibility index (Phi) is 7.15. The standard InChI is InChI=1S/C15H27F3N4O/c1-10-5-11(2)7-12(6-10)21-14(19-3)20-8-13(23)22(4)9-15(16,17)18/h10-12H,5-9H2,1-4H3,(H2,19,20,21). The van der Waals surface area contributed by atoms with Crippen molar-refractivity contribution < 1.29 is 18.0 Å². The predicted octanol–water partition coefficient (Wildman–Crippen LogP) is 2.00. The summed E-state index contributed by atoms with van der Waals surface area (Å²) in [7, 11) is 2.72. The van der Waals surface area contributed by atoms with E-state index in [2.05, 4.69) is 29.5 Å². The predicted molar refractivity (Wildman–Crippen MR) is 84.2 cm³/mol. The summed E-state index contributed by atoms with van der Waals surface area (Å²) >= 11 is 0. The lowest BCUT2D eigenvalue weighted by Gasteiger charge is -2.33. The Balaban J connectivity index is 2.43. The monoisotopic (exact) mass is 336 g/mol. The maximum atomic E-state index is 12.3. The molecular weight excluding hydrogens is 309 g/mol. The Morgan fingerprint density at radius 3 is 2.26 bits per heavy atom. The second kappa shape index (κ2) is 8.40. The summed E-state index contributed by atoms with van der Waals surface area (Å²) in [5.74, 6) is 1.06. The van der Waals surface area contributed by atoms with Gasteiger partial charge in [-0.25, -0.2) is 0 Å². The molecule has 0 heterocycles. The van der Waals surface area contributed by atoms with Crippen LogP contribution in [0.1, 0.15) is 33.1 Å². The minimum atomic E-state index is -4.39. The highest BCUT2D eigenvalue weighted by molar-refractivity contribution is 5.86. The lowest BCUT2D eigenvalue weighted by Crippen LogP contribution is -2.49. The molecule has 0 saturated heterocycles.